The Morgan fingerprint density at radius 3 is 2.86 bits per heavy atom. The minimum Gasteiger partial charge on any atom is -0.441 e. The van der Waals surface area contributed by atoms with Crippen molar-refractivity contribution in [2.45, 2.75) is 38.5 Å². The van der Waals surface area contributed by atoms with E-state index in [0.29, 0.717) is 24.5 Å². The summed E-state index contributed by atoms with van der Waals surface area (Å²) >= 11 is 0. The van der Waals surface area contributed by atoms with Gasteiger partial charge in [-0.1, -0.05) is 17.3 Å². The maximum Gasteiger partial charge on any atom is 0.407 e. The van der Waals surface area contributed by atoms with Gasteiger partial charge in [-0.2, -0.15) is 0 Å². The molecular weight excluding hydrogens is 360 g/mol. The van der Waals surface area contributed by atoms with Crippen LogP contribution in [0, 0.1) is 0 Å². The lowest BCUT2D eigenvalue weighted by Crippen LogP contribution is -2.46. The van der Waals surface area contributed by atoms with Crippen LogP contribution in [0.2, 0.25) is 0 Å². The first-order valence-electron chi connectivity index (χ1n) is 9.55. The summed E-state index contributed by atoms with van der Waals surface area (Å²) in [6.07, 6.45) is 3.03. The summed E-state index contributed by atoms with van der Waals surface area (Å²) in [7, 11) is 0. The van der Waals surface area contributed by atoms with Crippen molar-refractivity contribution in [2.24, 2.45) is 0 Å². The molecule has 0 aliphatic carbocycles. The van der Waals surface area contributed by atoms with E-state index in [2.05, 4.69) is 25.8 Å². The first kappa shape index (κ1) is 18.4. The highest BCUT2D eigenvalue weighted by Crippen LogP contribution is 2.29. The molecule has 2 N–H and O–H groups in total. The number of amides is 2. The van der Waals surface area contributed by atoms with Crippen molar-refractivity contribution in [3.63, 3.8) is 0 Å². The normalized spacial score (nSPS) is 18.7. The molecule has 4 rings (SSSR count). The molecule has 28 heavy (non-hydrogen) atoms. The van der Waals surface area contributed by atoms with E-state index < -0.39 is 0 Å². The SMILES string of the molecule is CCn1cc(NC(=O)c2cccc(CN3CCC4(CC3)CNC(=O)O4)c2)nn1. The molecule has 9 heteroatoms. The molecule has 3 heterocycles. The average Bonchev–Trinajstić information content (AvgIpc) is 3.30. The number of hydrogen-bond acceptors (Lipinski definition) is 6. The van der Waals surface area contributed by atoms with Crippen LogP contribution in [0.15, 0.2) is 30.5 Å². The van der Waals surface area contributed by atoms with Gasteiger partial charge >= 0.3 is 6.09 Å². The predicted molar refractivity (Wildman–Crippen MR) is 102 cm³/mol. The van der Waals surface area contributed by atoms with Gasteiger partial charge in [-0.15, -0.1) is 5.10 Å². The van der Waals surface area contributed by atoms with Crippen LogP contribution in [0.1, 0.15) is 35.7 Å². The van der Waals surface area contributed by atoms with Gasteiger partial charge in [0.25, 0.3) is 5.91 Å². The quantitative estimate of drug-likeness (QED) is 0.812. The van der Waals surface area contributed by atoms with E-state index in [1.165, 1.54) is 0 Å². The molecule has 0 atom stereocenters. The second-order valence-corrected chi connectivity index (χ2v) is 7.32. The summed E-state index contributed by atoms with van der Waals surface area (Å²) < 4.78 is 7.12. The number of benzene rings is 1. The van der Waals surface area contributed by atoms with Crippen molar-refractivity contribution < 1.29 is 14.3 Å². The molecule has 2 amide bonds. The largest absolute Gasteiger partial charge is 0.441 e. The molecule has 9 nitrogen and oxygen atoms in total. The molecule has 2 saturated heterocycles. The van der Waals surface area contributed by atoms with Crippen LogP contribution in [-0.4, -0.2) is 57.1 Å². The van der Waals surface area contributed by atoms with Gasteiger partial charge in [0.2, 0.25) is 0 Å². The van der Waals surface area contributed by atoms with Crippen LogP contribution in [-0.2, 0) is 17.8 Å². The molecule has 2 aliphatic rings. The highest BCUT2D eigenvalue weighted by molar-refractivity contribution is 6.03. The predicted octanol–water partition coefficient (Wildman–Crippen LogP) is 1.62. The molecule has 0 saturated carbocycles. The summed E-state index contributed by atoms with van der Waals surface area (Å²) in [6, 6.07) is 7.60. The Bertz CT molecular complexity index is 872. The summed E-state index contributed by atoms with van der Waals surface area (Å²) in [6.45, 7) is 5.71. The fourth-order valence-electron chi connectivity index (χ4n) is 3.67. The zero-order chi connectivity index (χ0) is 19.6. The van der Waals surface area contributed by atoms with E-state index in [0.717, 1.165) is 38.0 Å². The van der Waals surface area contributed by atoms with Crippen LogP contribution in [0.3, 0.4) is 0 Å². The van der Waals surface area contributed by atoms with Gasteiger partial charge in [0, 0.05) is 44.6 Å². The average molecular weight is 384 g/mol. The van der Waals surface area contributed by atoms with Crippen molar-refractivity contribution in [3.05, 3.63) is 41.6 Å². The number of hydrogen-bond donors (Lipinski definition) is 2. The molecule has 148 valence electrons. The third-order valence-corrected chi connectivity index (χ3v) is 5.33. The number of carbonyl (C=O) groups is 2. The van der Waals surface area contributed by atoms with Gasteiger partial charge in [-0.25, -0.2) is 4.79 Å². The highest BCUT2D eigenvalue weighted by Gasteiger charge is 2.42. The number of nitrogens with zero attached hydrogens (tertiary/aromatic N) is 4. The summed E-state index contributed by atoms with van der Waals surface area (Å²) in [5.74, 6) is 0.241. The molecule has 1 spiro atoms. The molecule has 2 aliphatic heterocycles. The number of likely N-dealkylation sites (tertiary alicyclic amines) is 1. The van der Waals surface area contributed by atoms with Gasteiger partial charge < -0.3 is 15.4 Å². The van der Waals surface area contributed by atoms with Gasteiger partial charge in [0.1, 0.15) is 5.60 Å². The number of nitrogens with one attached hydrogen (secondary N) is 2. The third-order valence-electron chi connectivity index (χ3n) is 5.33. The first-order valence-corrected chi connectivity index (χ1v) is 9.55. The smallest absolute Gasteiger partial charge is 0.407 e. The monoisotopic (exact) mass is 384 g/mol. The molecule has 1 aromatic heterocycles. The van der Waals surface area contributed by atoms with E-state index in [-0.39, 0.29) is 17.6 Å². The fraction of sp³-hybridized carbons (Fsp3) is 0.474. The van der Waals surface area contributed by atoms with Crippen molar-refractivity contribution in [3.8, 4) is 0 Å². The lowest BCUT2D eigenvalue weighted by atomic mass is 9.91. The zero-order valence-electron chi connectivity index (χ0n) is 15.9. The molecular formula is C19H24N6O3. The Kier molecular flexibility index (Phi) is 4.99. The number of carbonyl (C=O) groups excluding carboxylic acids is 2. The number of piperidine rings is 1. The first-order chi connectivity index (χ1) is 13.5. The fourth-order valence-corrected chi connectivity index (χ4v) is 3.67. The molecule has 1 aromatic carbocycles. The van der Waals surface area contributed by atoms with Crippen molar-refractivity contribution in [2.75, 3.05) is 25.0 Å². The van der Waals surface area contributed by atoms with Crippen molar-refractivity contribution in [1.82, 2.24) is 25.2 Å². The maximum absolute atomic E-state index is 12.5. The van der Waals surface area contributed by atoms with Crippen molar-refractivity contribution in [1.29, 1.82) is 0 Å². The minimum atomic E-state index is -0.342. The van der Waals surface area contributed by atoms with E-state index in [1.807, 2.05) is 25.1 Å². The molecule has 2 aromatic rings. The number of rotatable bonds is 5. The van der Waals surface area contributed by atoms with Gasteiger partial charge in [0.15, 0.2) is 5.82 Å². The number of alkyl carbamates (subject to hydrolysis) is 1. The Morgan fingerprint density at radius 1 is 1.36 bits per heavy atom. The van der Waals surface area contributed by atoms with E-state index in [9.17, 15) is 9.59 Å². The molecule has 0 radical (unpaired) electrons. The second kappa shape index (κ2) is 7.59. The Labute approximate surface area is 163 Å². The Hall–Kier alpha value is -2.94. The van der Waals surface area contributed by atoms with Crippen LogP contribution >= 0.6 is 0 Å². The van der Waals surface area contributed by atoms with Crippen LogP contribution in [0.25, 0.3) is 0 Å². The standard InChI is InChI=1S/C19H24N6O3/c1-2-25-12-16(22-23-25)21-17(26)15-5-3-4-14(10-15)11-24-8-6-19(7-9-24)13-20-18(27)28-19/h3-5,10,12H,2,6-9,11,13H2,1H3,(H,20,27)(H,21,26). The van der Waals surface area contributed by atoms with E-state index in [1.54, 1.807) is 16.9 Å². The molecule has 0 bridgehead atoms. The summed E-state index contributed by atoms with van der Waals surface area (Å²) in [5, 5.41) is 13.4. The summed E-state index contributed by atoms with van der Waals surface area (Å²) in [5.41, 5.74) is 1.32. The maximum atomic E-state index is 12.5. The van der Waals surface area contributed by atoms with E-state index >= 15 is 0 Å². The molecule has 2 fully saturated rings. The molecule has 0 unspecified atom stereocenters. The van der Waals surface area contributed by atoms with Gasteiger partial charge in [0.05, 0.1) is 12.7 Å². The van der Waals surface area contributed by atoms with Crippen LogP contribution in [0.4, 0.5) is 10.6 Å². The number of aryl methyl sites for hydroxylation is 1. The summed E-state index contributed by atoms with van der Waals surface area (Å²) in [4.78, 5) is 26.2. The lowest BCUT2D eigenvalue weighted by Gasteiger charge is -2.37. The van der Waals surface area contributed by atoms with Crippen LogP contribution < -0.4 is 10.6 Å². The van der Waals surface area contributed by atoms with E-state index in [4.69, 9.17) is 4.74 Å². The highest BCUT2D eigenvalue weighted by atomic mass is 16.6. The van der Waals surface area contributed by atoms with Crippen molar-refractivity contribution >= 4 is 17.8 Å². The second-order valence-electron chi connectivity index (χ2n) is 7.32. The third kappa shape index (κ3) is 3.99. The van der Waals surface area contributed by atoms with Gasteiger partial charge in [-0.05, 0) is 24.6 Å². The number of aromatic nitrogens is 3. The minimum absolute atomic E-state index is 0.202. The Balaban J connectivity index is 1.35. The zero-order valence-corrected chi connectivity index (χ0v) is 15.9. The number of anilines is 1. The topological polar surface area (TPSA) is 101 Å². The van der Waals surface area contributed by atoms with Crippen LogP contribution in [0.5, 0.6) is 0 Å². The Morgan fingerprint density at radius 2 is 2.18 bits per heavy atom. The van der Waals surface area contributed by atoms with Gasteiger partial charge in [-0.3, -0.25) is 14.4 Å². The number of ether oxygens (including phenoxy) is 1. The lowest BCUT2D eigenvalue weighted by molar-refractivity contribution is -0.00101.